The third-order valence-corrected chi connectivity index (χ3v) is 2.61. The quantitative estimate of drug-likeness (QED) is 0.530. The van der Waals surface area contributed by atoms with Gasteiger partial charge in [0.05, 0.1) is 12.7 Å². The average molecular weight is 184 g/mol. The monoisotopic (exact) mass is 184 g/mol. The molecule has 74 valence electrons. The van der Waals surface area contributed by atoms with Gasteiger partial charge in [-0.15, -0.1) is 0 Å². The van der Waals surface area contributed by atoms with E-state index in [1.54, 1.807) is 13.8 Å². The van der Waals surface area contributed by atoms with Gasteiger partial charge in [0.1, 0.15) is 5.41 Å². The minimum absolute atomic E-state index is 0.282. The molecule has 0 saturated carbocycles. The van der Waals surface area contributed by atoms with E-state index in [4.69, 9.17) is 4.74 Å². The summed E-state index contributed by atoms with van der Waals surface area (Å²) in [6.45, 7) is 3.78. The molecule has 0 saturated heterocycles. The van der Waals surface area contributed by atoms with Crippen molar-refractivity contribution >= 4 is 5.97 Å². The van der Waals surface area contributed by atoms with Crippen LogP contribution in [0.4, 0.5) is 0 Å². The van der Waals surface area contributed by atoms with E-state index >= 15 is 0 Å². The van der Waals surface area contributed by atoms with E-state index in [0.29, 0.717) is 19.4 Å². The Hall–Kier alpha value is -0.830. The molecule has 3 nitrogen and oxygen atoms in total. The topological polar surface area (TPSA) is 46.5 Å². The fourth-order valence-corrected chi connectivity index (χ4v) is 1.62. The lowest BCUT2D eigenvalue weighted by Crippen LogP contribution is -2.40. The van der Waals surface area contributed by atoms with Gasteiger partial charge in [-0.2, -0.15) is 0 Å². The van der Waals surface area contributed by atoms with Gasteiger partial charge in [0, 0.05) is 0 Å². The molecule has 13 heavy (non-hydrogen) atoms. The second kappa shape index (κ2) is 3.92. The van der Waals surface area contributed by atoms with Crippen molar-refractivity contribution in [1.82, 2.24) is 0 Å². The summed E-state index contributed by atoms with van der Waals surface area (Å²) in [6.07, 6.45) is 4.36. The minimum Gasteiger partial charge on any atom is -0.465 e. The Bertz CT molecular complexity index is 210. The molecule has 1 aliphatic rings. The van der Waals surface area contributed by atoms with Gasteiger partial charge in [0.2, 0.25) is 0 Å². The van der Waals surface area contributed by atoms with Gasteiger partial charge >= 0.3 is 5.97 Å². The smallest absolute Gasteiger partial charge is 0.315 e. The van der Waals surface area contributed by atoms with E-state index in [1.165, 1.54) is 0 Å². The van der Waals surface area contributed by atoms with Crippen LogP contribution in [0, 0.1) is 5.41 Å². The Kier molecular flexibility index (Phi) is 3.09. The summed E-state index contributed by atoms with van der Waals surface area (Å²) in [4.78, 5) is 11.6. The first-order chi connectivity index (χ1) is 6.13. The molecule has 0 aromatic heterocycles. The van der Waals surface area contributed by atoms with Crippen LogP contribution in [-0.4, -0.2) is 23.8 Å². The van der Waals surface area contributed by atoms with Gasteiger partial charge in [-0.05, 0) is 26.7 Å². The second-order valence-electron chi connectivity index (χ2n) is 3.43. The van der Waals surface area contributed by atoms with Crippen molar-refractivity contribution < 1.29 is 14.6 Å². The number of carbonyl (C=O) groups is 1. The molecule has 0 radical (unpaired) electrons. The fourth-order valence-electron chi connectivity index (χ4n) is 1.62. The van der Waals surface area contributed by atoms with Gasteiger partial charge in [0.25, 0.3) is 0 Å². The summed E-state index contributed by atoms with van der Waals surface area (Å²) >= 11 is 0. The molecule has 1 atom stereocenters. The summed E-state index contributed by atoms with van der Waals surface area (Å²) in [7, 11) is 0. The van der Waals surface area contributed by atoms with Crippen molar-refractivity contribution in [2.75, 3.05) is 6.61 Å². The van der Waals surface area contributed by atoms with Crippen LogP contribution >= 0.6 is 0 Å². The zero-order chi connectivity index (χ0) is 9.90. The molecule has 3 heteroatoms. The summed E-state index contributed by atoms with van der Waals surface area (Å²) in [5.74, 6) is -0.282. The van der Waals surface area contributed by atoms with E-state index in [2.05, 4.69) is 0 Å². The van der Waals surface area contributed by atoms with Crippen molar-refractivity contribution in [3.8, 4) is 0 Å². The van der Waals surface area contributed by atoms with E-state index in [-0.39, 0.29) is 5.97 Å². The molecular weight excluding hydrogens is 168 g/mol. The lowest BCUT2D eigenvalue weighted by molar-refractivity contribution is -0.161. The van der Waals surface area contributed by atoms with Crippen LogP contribution < -0.4 is 0 Å². The predicted octanol–water partition coefficient (Wildman–Crippen LogP) is 1.27. The van der Waals surface area contributed by atoms with Gasteiger partial charge in [-0.1, -0.05) is 12.2 Å². The predicted molar refractivity (Wildman–Crippen MR) is 49.1 cm³/mol. The van der Waals surface area contributed by atoms with Crippen LogP contribution in [0.3, 0.4) is 0 Å². The summed E-state index contributed by atoms with van der Waals surface area (Å²) in [5, 5.41) is 9.56. The average Bonchev–Trinajstić information content (AvgIpc) is 2.53. The number of carbonyl (C=O) groups excluding carboxylic acids is 1. The molecule has 1 rings (SSSR count). The first-order valence-corrected chi connectivity index (χ1v) is 4.64. The minimum atomic E-state index is -0.712. The zero-order valence-corrected chi connectivity index (χ0v) is 8.12. The molecule has 0 amide bonds. The van der Waals surface area contributed by atoms with Gasteiger partial charge in [-0.25, -0.2) is 0 Å². The third kappa shape index (κ3) is 1.75. The number of hydrogen-bond acceptors (Lipinski definition) is 3. The molecule has 0 bridgehead atoms. The number of aliphatic hydroxyl groups is 1. The number of esters is 1. The van der Waals surface area contributed by atoms with Crippen LogP contribution in [-0.2, 0) is 9.53 Å². The van der Waals surface area contributed by atoms with Gasteiger partial charge in [-0.3, -0.25) is 4.79 Å². The largest absolute Gasteiger partial charge is 0.465 e. The molecule has 0 unspecified atom stereocenters. The first-order valence-electron chi connectivity index (χ1n) is 4.64. The Labute approximate surface area is 78.4 Å². The first kappa shape index (κ1) is 10.3. The number of rotatable bonds is 3. The summed E-state index contributed by atoms with van der Waals surface area (Å²) in [5.41, 5.74) is -0.712. The standard InChI is InChI=1S/C10H16O3/c1-3-13-9(12)10(8(2)11)6-4-5-7-10/h4-5,8,11H,3,6-7H2,1-2H3/t8-/m0/s1. The third-order valence-electron chi connectivity index (χ3n) is 2.61. The van der Waals surface area contributed by atoms with Crippen molar-refractivity contribution in [3.05, 3.63) is 12.2 Å². The highest BCUT2D eigenvalue weighted by atomic mass is 16.5. The molecule has 0 spiro atoms. The Morgan fingerprint density at radius 3 is 2.54 bits per heavy atom. The van der Waals surface area contributed by atoms with Crippen LogP contribution in [0.1, 0.15) is 26.7 Å². The number of aliphatic hydroxyl groups excluding tert-OH is 1. The second-order valence-corrected chi connectivity index (χ2v) is 3.43. The molecule has 0 fully saturated rings. The molecule has 0 aliphatic heterocycles. The zero-order valence-electron chi connectivity index (χ0n) is 8.12. The lowest BCUT2D eigenvalue weighted by Gasteiger charge is -2.29. The maximum Gasteiger partial charge on any atom is 0.315 e. The Morgan fingerprint density at radius 1 is 1.62 bits per heavy atom. The van der Waals surface area contributed by atoms with E-state index in [1.807, 2.05) is 12.2 Å². The number of hydrogen-bond donors (Lipinski definition) is 1. The van der Waals surface area contributed by atoms with Crippen molar-refractivity contribution in [3.63, 3.8) is 0 Å². The highest BCUT2D eigenvalue weighted by Gasteiger charge is 2.44. The number of allylic oxidation sites excluding steroid dienone is 2. The summed E-state index contributed by atoms with van der Waals surface area (Å²) < 4.78 is 4.95. The normalized spacial score (nSPS) is 21.5. The van der Waals surface area contributed by atoms with Gasteiger partial charge < -0.3 is 9.84 Å². The fraction of sp³-hybridized carbons (Fsp3) is 0.700. The van der Waals surface area contributed by atoms with Crippen LogP contribution in [0.2, 0.25) is 0 Å². The van der Waals surface area contributed by atoms with E-state index < -0.39 is 11.5 Å². The molecule has 0 aromatic carbocycles. The maximum atomic E-state index is 11.6. The molecular formula is C10H16O3. The van der Waals surface area contributed by atoms with Crippen LogP contribution in [0.25, 0.3) is 0 Å². The maximum absolute atomic E-state index is 11.6. The van der Waals surface area contributed by atoms with Crippen LogP contribution in [0.5, 0.6) is 0 Å². The molecule has 1 N–H and O–H groups in total. The highest BCUT2D eigenvalue weighted by molar-refractivity contribution is 5.78. The Balaban J connectivity index is 2.73. The van der Waals surface area contributed by atoms with Crippen LogP contribution in [0.15, 0.2) is 12.2 Å². The lowest BCUT2D eigenvalue weighted by atomic mass is 9.80. The molecule has 0 heterocycles. The van der Waals surface area contributed by atoms with Crippen molar-refractivity contribution in [1.29, 1.82) is 0 Å². The highest BCUT2D eigenvalue weighted by Crippen LogP contribution is 2.37. The Morgan fingerprint density at radius 2 is 2.15 bits per heavy atom. The number of ether oxygens (including phenoxy) is 1. The van der Waals surface area contributed by atoms with Crippen molar-refractivity contribution in [2.24, 2.45) is 5.41 Å². The molecule has 1 aliphatic carbocycles. The molecule has 0 aromatic rings. The van der Waals surface area contributed by atoms with Crippen molar-refractivity contribution in [2.45, 2.75) is 32.8 Å². The van der Waals surface area contributed by atoms with E-state index in [0.717, 1.165) is 0 Å². The van der Waals surface area contributed by atoms with E-state index in [9.17, 15) is 9.90 Å². The van der Waals surface area contributed by atoms with Gasteiger partial charge in [0.15, 0.2) is 0 Å². The summed E-state index contributed by atoms with van der Waals surface area (Å²) in [6, 6.07) is 0. The SMILES string of the molecule is CCOC(=O)C1([C@H](C)O)CC=CC1.